The number of carbonyl (C=O) groups is 1. The van der Waals surface area contributed by atoms with Crippen LogP contribution in [0.1, 0.15) is 57.2 Å². The van der Waals surface area contributed by atoms with Crippen LogP contribution >= 0.6 is 11.8 Å². The van der Waals surface area contributed by atoms with Crippen LogP contribution in [-0.2, 0) is 11.3 Å². The van der Waals surface area contributed by atoms with E-state index in [0.29, 0.717) is 34.9 Å². The topological polar surface area (TPSA) is 84.2 Å². The van der Waals surface area contributed by atoms with Crippen molar-refractivity contribution in [2.45, 2.75) is 57.8 Å². The van der Waals surface area contributed by atoms with Crippen molar-refractivity contribution in [2.24, 2.45) is 5.92 Å². The van der Waals surface area contributed by atoms with Gasteiger partial charge in [0.15, 0.2) is 5.16 Å². The Morgan fingerprint density at radius 2 is 1.73 bits per heavy atom. The van der Waals surface area contributed by atoms with Crippen LogP contribution in [0, 0.1) is 5.92 Å². The highest BCUT2D eigenvalue weighted by Crippen LogP contribution is 2.25. The molecule has 0 aliphatic carbocycles. The molecule has 1 atom stereocenters. The maximum absolute atomic E-state index is 13.0. The van der Waals surface area contributed by atoms with Gasteiger partial charge in [-0.05, 0) is 41.5 Å². The predicted octanol–water partition coefficient (Wildman–Crippen LogP) is 4.51. The lowest BCUT2D eigenvalue weighted by Gasteiger charge is -2.23. The maximum Gasteiger partial charge on any atom is 0.262 e. The summed E-state index contributed by atoms with van der Waals surface area (Å²) in [6.45, 7) is 8.84. The molecule has 0 radical (unpaired) electrons. The van der Waals surface area contributed by atoms with E-state index >= 15 is 0 Å². The number of hydrogen-bond acceptors (Lipinski definition) is 5. The maximum atomic E-state index is 13.0. The monoisotopic (exact) mass is 467 g/mol. The zero-order valence-electron chi connectivity index (χ0n) is 19.7. The molecule has 3 aromatic rings. The van der Waals surface area contributed by atoms with Crippen molar-refractivity contribution in [3.63, 3.8) is 0 Å². The number of fused-ring (bicyclic) bond motifs is 1. The zero-order valence-corrected chi connectivity index (χ0v) is 20.6. The van der Waals surface area contributed by atoms with Crippen LogP contribution in [0.4, 0.5) is 0 Å². The number of nitrogens with zero attached hydrogens (tertiary/aromatic N) is 2. The molecule has 33 heavy (non-hydrogen) atoms. The fourth-order valence-electron chi connectivity index (χ4n) is 3.75. The van der Waals surface area contributed by atoms with Crippen LogP contribution < -0.4 is 10.9 Å². The van der Waals surface area contributed by atoms with Crippen LogP contribution in [0.2, 0.25) is 0 Å². The fourth-order valence-corrected chi connectivity index (χ4v) is 4.59. The van der Waals surface area contributed by atoms with Gasteiger partial charge in [0, 0.05) is 13.2 Å². The molecular formula is C26H33N3O3S. The normalized spacial score (nSPS) is 12.5. The van der Waals surface area contributed by atoms with Gasteiger partial charge in [-0.1, -0.05) is 75.9 Å². The van der Waals surface area contributed by atoms with Crippen LogP contribution in [0.3, 0.4) is 0 Å². The molecule has 0 aliphatic rings. The van der Waals surface area contributed by atoms with Gasteiger partial charge in [-0.3, -0.25) is 14.2 Å². The number of para-hydroxylation sites is 1. The molecule has 0 saturated carbocycles. The van der Waals surface area contributed by atoms with Crippen LogP contribution in [0.25, 0.3) is 10.9 Å². The Labute approximate surface area is 199 Å². The lowest BCUT2D eigenvalue weighted by Crippen LogP contribution is -2.33. The number of amides is 1. The first kappa shape index (κ1) is 25.0. The van der Waals surface area contributed by atoms with E-state index in [1.54, 1.807) is 16.7 Å². The number of aliphatic hydroxyl groups excluding tert-OH is 1. The molecule has 0 spiro atoms. The quantitative estimate of drug-likeness (QED) is 0.339. The van der Waals surface area contributed by atoms with Crippen molar-refractivity contribution in [3.8, 4) is 0 Å². The lowest BCUT2D eigenvalue weighted by molar-refractivity contribution is -0.119. The highest BCUT2D eigenvalue weighted by atomic mass is 32.2. The Morgan fingerprint density at radius 3 is 2.36 bits per heavy atom. The second-order valence-corrected chi connectivity index (χ2v) is 9.79. The van der Waals surface area contributed by atoms with Gasteiger partial charge in [-0.2, -0.15) is 0 Å². The SMILES string of the molecule is CC(C)c1ccc(C(NC(=O)CSc2nc3ccccc3c(=O)n2CCCO)C(C)C)cc1. The van der Waals surface area contributed by atoms with Gasteiger partial charge in [0.2, 0.25) is 5.91 Å². The first-order valence-electron chi connectivity index (χ1n) is 11.4. The summed E-state index contributed by atoms with van der Waals surface area (Å²) in [6.07, 6.45) is 0.446. The van der Waals surface area contributed by atoms with Crippen molar-refractivity contribution < 1.29 is 9.90 Å². The van der Waals surface area contributed by atoms with Gasteiger partial charge < -0.3 is 10.4 Å². The fraction of sp³-hybridized carbons (Fsp3) is 0.423. The third-order valence-electron chi connectivity index (χ3n) is 5.64. The minimum absolute atomic E-state index is 0.0183. The largest absolute Gasteiger partial charge is 0.396 e. The Hall–Kier alpha value is -2.64. The van der Waals surface area contributed by atoms with E-state index in [2.05, 4.69) is 62.3 Å². The molecule has 1 unspecified atom stereocenters. The number of aromatic nitrogens is 2. The van der Waals surface area contributed by atoms with E-state index in [9.17, 15) is 14.7 Å². The van der Waals surface area contributed by atoms with E-state index in [-0.39, 0.29) is 35.8 Å². The molecular weight excluding hydrogens is 434 g/mol. The van der Waals surface area contributed by atoms with Crippen molar-refractivity contribution >= 4 is 28.6 Å². The van der Waals surface area contributed by atoms with Crippen LogP contribution in [-0.4, -0.2) is 32.9 Å². The van der Waals surface area contributed by atoms with E-state index < -0.39 is 0 Å². The lowest BCUT2D eigenvalue weighted by atomic mass is 9.93. The summed E-state index contributed by atoms with van der Waals surface area (Å²) in [5.41, 5.74) is 2.81. The Morgan fingerprint density at radius 1 is 1.06 bits per heavy atom. The summed E-state index contributed by atoms with van der Waals surface area (Å²) in [4.78, 5) is 30.4. The zero-order chi connectivity index (χ0) is 24.0. The van der Waals surface area contributed by atoms with Gasteiger partial charge in [-0.25, -0.2) is 4.98 Å². The van der Waals surface area contributed by atoms with E-state index in [4.69, 9.17) is 0 Å². The van der Waals surface area contributed by atoms with Crippen LogP contribution in [0.15, 0.2) is 58.5 Å². The summed E-state index contributed by atoms with van der Waals surface area (Å²) in [5, 5.41) is 13.4. The molecule has 6 nitrogen and oxygen atoms in total. The second-order valence-electron chi connectivity index (χ2n) is 8.84. The first-order chi connectivity index (χ1) is 15.8. The molecule has 176 valence electrons. The van der Waals surface area contributed by atoms with E-state index in [1.165, 1.54) is 17.3 Å². The highest BCUT2D eigenvalue weighted by molar-refractivity contribution is 7.99. The summed E-state index contributed by atoms with van der Waals surface area (Å²) in [6, 6.07) is 15.5. The number of thioether (sulfide) groups is 1. The number of hydrogen-bond donors (Lipinski definition) is 2. The predicted molar refractivity (Wildman–Crippen MR) is 135 cm³/mol. The molecule has 0 bridgehead atoms. The molecule has 1 amide bonds. The van der Waals surface area contributed by atoms with Crippen molar-refractivity contribution in [2.75, 3.05) is 12.4 Å². The number of carbonyl (C=O) groups excluding carboxylic acids is 1. The van der Waals surface area contributed by atoms with Gasteiger partial charge in [-0.15, -0.1) is 0 Å². The molecule has 2 aromatic carbocycles. The smallest absolute Gasteiger partial charge is 0.262 e. The summed E-state index contributed by atoms with van der Waals surface area (Å²) in [7, 11) is 0. The standard InChI is InChI=1S/C26H33N3O3S/c1-17(2)19-10-12-20(13-11-19)24(18(3)4)28-23(31)16-33-26-27-22-9-6-5-8-21(22)25(32)29(26)14-7-15-30/h5-6,8-13,17-18,24,30H,7,14-16H2,1-4H3,(H,28,31). The van der Waals surface area contributed by atoms with E-state index in [1.807, 2.05) is 12.1 Å². The number of aliphatic hydroxyl groups is 1. The van der Waals surface area contributed by atoms with Crippen molar-refractivity contribution in [1.29, 1.82) is 0 Å². The molecule has 0 fully saturated rings. The summed E-state index contributed by atoms with van der Waals surface area (Å²) in [5.74, 6) is 0.727. The van der Waals surface area contributed by atoms with Gasteiger partial charge in [0.25, 0.3) is 5.56 Å². The average molecular weight is 468 g/mol. The Bertz CT molecular complexity index is 1140. The molecule has 0 aliphatic heterocycles. The van der Waals surface area contributed by atoms with Gasteiger partial charge >= 0.3 is 0 Å². The summed E-state index contributed by atoms with van der Waals surface area (Å²) < 4.78 is 1.56. The van der Waals surface area contributed by atoms with Gasteiger partial charge in [0.1, 0.15) is 0 Å². The number of nitrogens with one attached hydrogen (secondary N) is 1. The molecule has 7 heteroatoms. The minimum Gasteiger partial charge on any atom is -0.396 e. The molecule has 1 heterocycles. The van der Waals surface area contributed by atoms with Gasteiger partial charge in [0.05, 0.1) is 22.7 Å². The van der Waals surface area contributed by atoms with Crippen molar-refractivity contribution in [1.82, 2.24) is 14.9 Å². The Balaban J connectivity index is 1.76. The van der Waals surface area contributed by atoms with Crippen molar-refractivity contribution in [3.05, 3.63) is 70.0 Å². The third-order valence-corrected chi connectivity index (χ3v) is 6.62. The highest BCUT2D eigenvalue weighted by Gasteiger charge is 2.20. The summed E-state index contributed by atoms with van der Waals surface area (Å²) >= 11 is 1.25. The van der Waals surface area contributed by atoms with Crippen LogP contribution in [0.5, 0.6) is 0 Å². The first-order valence-corrected chi connectivity index (χ1v) is 12.4. The molecule has 2 N–H and O–H groups in total. The second kappa shape index (κ2) is 11.5. The molecule has 1 aromatic heterocycles. The molecule has 3 rings (SSSR count). The van der Waals surface area contributed by atoms with E-state index in [0.717, 1.165) is 5.56 Å². The average Bonchev–Trinajstić information content (AvgIpc) is 2.80. The minimum atomic E-state index is -0.151. The number of rotatable bonds is 10. The third kappa shape index (κ3) is 6.24. The molecule has 0 saturated heterocycles. The Kier molecular flexibility index (Phi) is 8.69. The number of benzene rings is 2.